The van der Waals surface area contributed by atoms with Crippen LogP contribution in [0.5, 0.6) is 11.5 Å². The van der Waals surface area contributed by atoms with Crippen LogP contribution in [0.1, 0.15) is 38.8 Å². The molecule has 0 spiro atoms. The lowest BCUT2D eigenvalue weighted by Crippen LogP contribution is -2.19. The Balaban J connectivity index is 2.15. The Hall–Kier alpha value is -3.54. The summed E-state index contributed by atoms with van der Waals surface area (Å²) in [6, 6.07) is 14.0. The van der Waals surface area contributed by atoms with Crippen molar-refractivity contribution >= 4 is 11.9 Å². The lowest BCUT2D eigenvalue weighted by molar-refractivity contribution is -0.133. The van der Waals surface area contributed by atoms with Crippen LogP contribution >= 0.6 is 0 Å². The fourth-order valence-electron chi connectivity index (χ4n) is 2.60. The minimum absolute atomic E-state index is 0.328. The molecule has 6 nitrogen and oxygen atoms in total. The van der Waals surface area contributed by atoms with Crippen molar-refractivity contribution in [2.24, 2.45) is 0 Å². The van der Waals surface area contributed by atoms with Gasteiger partial charge in [0.2, 0.25) is 0 Å². The van der Waals surface area contributed by atoms with Crippen LogP contribution in [-0.4, -0.2) is 22.2 Å². The van der Waals surface area contributed by atoms with Crippen LogP contribution in [-0.2, 0) is 15.0 Å². The number of benzene rings is 2. The summed E-state index contributed by atoms with van der Waals surface area (Å²) in [6.07, 6.45) is 2.53. The Morgan fingerprint density at radius 3 is 1.31 bits per heavy atom. The largest absolute Gasteiger partial charge is 0.502 e. The number of allylic oxidation sites excluding steroid dienone is 2. The second kappa shape index (κ2) is 9.10. The van der Waals surface area contributed by atoms with Crippen molar-refractivity contribution in [3.63, 3.8) is 0 Å². The summed E-state index contributed by atoms with van der Waals surface area (Å²) in [5.74, 6) is -1.86. The Kier molecular flexibility index (Phi) is 6.83. The molecule has 2 aromatic carbocycles. The summed E-state index contributed by atoms with van der Waals surface area (Å²) in [7, 11) is 0. The second-order valence-electron chi connectivity index (χ2n) is 6.80. The van der Waals surface area contributed by atoms with Gasteiger partial charge < -0.3 is 19.7 Å². The molecule has 0 unspecified atom stereocenters. The first-order valence-corrected chi connectivity index (χ1v) is 9.05. The van der Waals surface area contributed by atoms with Crippen LogP contribution in [0.25, 0.3) is 0 Å². The molecule has 2 aromatic rings. The molecule has 0 radical (unpaired) electrons. The second-order valence-corrected chi connectivity index (χ2v) is 6.80. The van der Waals surface area contributed by atoms with Crippen molar-refractivity contribution in [1.29, 1.82) is 0 Å². The Bertz CT molecular complexity index is 857. The Morgan fingerprint density at radius 2 is 1.03 bits per heavy atom. The molecule has 0 saturated heterocycles. The van der Waals surface area contributed by atoms with E-state index in [2.05, 4.69) is 0 Å². The molecule has 0 amide bonds. The predicted octanol–water partition coefficient (Wildman–Crippen LogP) is 4.75. The number of rotatable bonds is 6. The van der Waals surface area contributed by atoms with Gasteiger partial charge in [-0.15, -0.1) is 0 Å². The van der Waals surface area contributed by atoms with E-state index in [1.807, 2.05) is 38.1 Å². The summed E-state index contributed by atoms with van der Waals surface area (Å²) in [4.78, 5) is 23.2. The fourth-order valence-corrected chi connectivity index (χ4v) is 2.60. The number of hydrogen-bond donors (Lipinski definition) is 2. The van der Waals surface area contributed by atoms with Crippen molar-refractivity contribution in [3.8, 4) is 11.5 Å². The number of aliphatic hydroxyl groups excluding tert-OH is 2. The third kappa shape index (κ3) is 5.25. The number of ether oxygens (including phenoxy) is 2. The smallest absolute Gasteiger partial charge is 0.378 e. The predicted molar refractivity (Wildman–Crippen MR) is 109 cm³/mol. The zero-order valence-corrected chi connectivity index (χ0v) is 16.8. The van der Waals surface area contributed by atoms with Gasteiger partial charge >= 0.3 is 11.9 Å². The summed E-state index contributed by atoms with van der Waals surface area (Å²) in [5.41, 5.74) is 1.58. The lowest BCUT2D eigenvalue weighted by Gasteiger charge is -2.26. The first-order valence-electron chi connectivity index (χ1n) is 9.05. The number of esters is 2. The first-order chi connectivity index (χ1) is 13.7. The third-order valence-electron chi connectivity index (χ3n) is 4.54. The molecule has 0 aromatic heterocycles. The van der Waals surface area contributed by atoms with Gasteiger partial charge in [0.25, 0.3) is 0 Å². The summed E-state index contributed by atoms with van der Waals surface area (Å²) >= 11 is 0. The van der Waals surface area contributed by atoms with Crippen LogP contribution in [0.4, 0.5) is 0 Å². The molecule has 0 bridgehead atoms. The molecule has 0 atom stereocenters. The van der Waals surface area contributed by atoms with E-state index in [1.54, 1.807) is 24.3 Å². The van der Waals surface area contributed by atoms with E-state index in [-0.39, 0.29) is 5.41 Å². The van der Waals surface area contributed by atoms with Gasteiger partial charge in [-0.1, -0.05) is 38.1 Å². The summed E-state index contributed by atoms with van der Waals surface area (Å²) < 4.78 is 10.2. The first kappa shape index (κ1) is 21.8. The number of aliphatic hydroxyl groups is 2. The molecule has 0 heterocycles. The van der Waals surface area contributed by atoms with Crippen LogP contribution < -0.4 is 9.47 Å². The van der Waals surface area contributed by atoms with Crippen molar-refractivity contribution in [2.75, 3.05) is 0 Å². The molecular weight excluding hydrogens is 372 g/mol. The normalized spacial score (nSPS) is 12.4. The van der Waals surface area contributed by atoms with E-state index in [4.69, 9.17) is 9.47 Å². The average Bonchev–Trinajstić information content (AvgIpc) is 2.73. The zero-order valence-electron chi connectivity index (χ0n) is 16.8. The minimum Gasteiger partial charge on any atom is -0.502 e. The van der Waals surface area contributed by atoms with Crippen molar-refractivity contribution < 1.29 is 29.3 Å². The van der Waals surface area contributed by atoms with Crippen LogP contribution in [0.3, 0.4) is 0 Å². The van der Waals surface area contributed by atoms with E-state index >= 15 is 0 Å². The highest BCUT2D eigenvalue weighted by molar-refractivity contribution is 5.87. The standard InChI is InChI=1S/C23H24O6/c1-5-19(24)21(26)28-17-11-7-15(8-12-17)23(3,4)16-9-13-18(14-10-16)29-22(27)20(25)6-2/h5-14,24-25H,1-4H3/b19-5-,20-6-. The highest BCUT2D eigenvalue weighted by Crippen LogP contribution is 2.33. The van der Waals surface area contributed by atoms with Crippen LogP contribution in [0.2, 0.25) is 0 Å². The van der Waals surface area contributed by atoms with Crippen molar-refractivity contribution in [3.05, 3.63) is 83.3 Å². The van der Waals surface area contributed by atoms with E-state index < -0.39 is 23.5 Å². The zero-order chi connectivity index (χ0) is 21.6. The third-order valence-corrected chi connectivity index (χ3v) is 4.54. The lowest BCUT2D eigenvalue weighted by atomic mass is 9.78. The van der Waals surface area contributed by atoms with E-state index in [1.165, 1.54) is 26.0 Å². The fraction of sp³-hybridized carbons (Fsp3) is 0.217. The SMILES string of the molecule is C/C=C(\O)C(=O)Oc1ccc(C(C)(C)c2ccc(OC(=O)/C(O)=C/C)cc2)cc1. The Morgan fingerprint density at radius 1 is 0.724 bits per heavy atom. The number of carbonyl (C=O) groups is 2. The topological polar surface area (TPSA) is 93.1 Å². The van der Waals surface area contributed by atoms with Gasteiger partial charge in [0, 0.05) is 5.41 Å². The van der Waals surface area contributed by atoms with Gasteiger partial charge in [-0.05, 0) is 61.4 Å². The quantitative estimate of drug-likeness (QED) is 0.317. The summed E-state index contributed by atoms with van der Waals surface area (Å²) in [6.45, 7) is 7.15. The number of hydrogen-bond acceptors (Lipinski definition) is 6. The Labute approximate surface area is 169 Å². The van der Waals surface area contributed by atoms with Gasteiger partial charge in [0.15, 0.2) is 11.5 Å². The molecule has 2 N–H and O–H groups in total. The number of carbonyl (C=O) groups excluding carboxylic acids is 2. The molecule has 0 aliphatic carbocycles. The monoisotopic (exact) mass is 396 g/mol. The van der Waals surface area contributed by atoms with Gasteiger partial charge in [-0.3, -0.25) is 0 Å². The van der Waals surface area contributed by atoms with E-state index in [0.29, 0.717) is 11.5 Å². The van der Waals surface area contributed by atoms with Crippen LogP contribution in [0, 0.1) is 0 Å². The van der Waals surface area contributed by atoms with E-state index in [9.17, 15) is 19.8 Å². The molecule has 6 heteroatoms. The van der Waals surface area contributed by atoms with Crippen LogP contribution in [0.15, 0.2) is 72.2 Å². The summed E-state index contributed by atoms with van der Waals surface area (Å²) in [5, 5.41) is 18.8. The molecule has 29 heavy (non-hydrogen) atoms. The maximum absolute atomic E-state index is 11.6. The van der Waals surface area contributed by atoms with Gasteiger partial charge in [-0.2, -0.15) is 0 Å². The van der Waals surface area contributed by atoms with Gasteiger partial charge in [0.05, 0.1) is 0 Å². The van der Waals surface area contributed by atoms with Crippen molar-refractivity contribution in [1.82, 2.24) is 0 Å². The average molecular weight is 396 g/mol. The highest BCUT2D eigenvalue weighted by Gasteiger charge is 2.23. The van der Waals surface area contributed by atoms with Gasteiger partial charge in [0.1, 0.15) is 11.5 Å². The molecule has 0 aliphatic rings. The van der Waals surface area contributed by atoms with Gasteiger partial charge in [-0.25, -0.2) is 9.59 Å². The minimum atomic E-state index is -0.811. The molecule has 0 aliphatic heterocycles. The molecule has 152 valence electrons. The highest BCUT2D eigenvalue weighted by atomic mass is 16.6. The van der Waals surface area contributed by atoms with Crippen molar-refractivity contribution in [2.45, 2.75) is 33.1 Å². The maximum Gasteiger partial charge on any atom is 0.378 e. The molecule has 0 saturated carbocycles. The molecule has 2 rings (SSSR count). The van der Waals surface area contributed by atoms with E-state index in [0.717, 1.165) is 11.1 Å². The maximum atomic E-state index is 11.6. The molecular formula is C23H24O6. The molecule has 0 fully saturated rings.